The molecule has 0 atom stereocenters. The van der Waals surface area contributed by atoms with Crippen LogP contribution in [0.1, 0.15) is 10.7 Å². The number of hydrogen-bond donors (Lipinski definition) is 0. The van der Waals surface area contributed by atoms with Crippen LogP contribution in [0, 0.1) is 6.92 Å². The van der Waals surface area contributed by atoms with Crippen LogP contribution < -0.4 is 5.56 Å². The summed E-state index contributed by atoms with van der Waals surface area (Å²) in [7, 11) is 0. The number of hydrogen-bond acceptors (Lipinski definition) is 7. The molecule has 23 heavy (non-hydrogen) atoms. The molecule has 0 bridgehead atoms. The van der Waals surface area contributed by atoms with Crippen LogP contribution in [-0.4, -0.2) is 19.6 Å². The number of fused-ring (bicyclic) bond motifs is 2. The molecule has 0 N–H and O–H groups in total. The van der Waals surface area contributed by atoms with Crippen LogP contribution in [0.2, 0.25) is 5.02 Å². The fourth-order valence-corrected chi connectivity index (χ4v) is 3.77. The summed E-state index contributed by atoms with van der Waals surface area (Å²) in [5.74, 6) is 0.489. The third-order valence-corrected chi connectivity index (χ3v) is 4.99. The zero-order valence-corrected chi connectivity index (χ0v) is 14.2. The average Bonchev–Trinajstić information content (AvgIpc) is 3.07. The highest BCUT2D eigenvalue weighted by Crippen LogP contribution is 2.27. The minimum Gasteiger partial charge on any atom is -0.431 e. The molecule has 0 aliphatic rings. The van der Waals surface area contributed by atoms with Gasteiger partial charge >= 0.3 is 0 Å². The van der Waals surface area contributed by atoms with Crippen LogP contribution in [0.3, 0.4) is 0 Å². The first-order chi connectivity index (χ1) is 11.1. The maximum Gasteiger partial charge on any atom is 0.275 e. The van der Waals surface area contributed by atoms with Crippen molar-refractivity contribution in [3.8, 4) is 0 Å². The predicted molar refractivity (Wildman–Crippen MR) is 90.5 cm³/mol. The van der Waals surface area contributed by atoms with E-state index in [2.05, 4.69) is 15.1 Å². The fraction of sp³-hybridized carbons (Fsp3) is 0.143. The Labute approximate surface area is 143 Å². The molecule has 6 nitrogen and oxygen atoms in total. The zero-order valence-electron chi connectivity index (χ0n) is 11.8. The summed E-state index contributed by atoms with van der Waals surface area (Å²) in [5.41, 5.74) is 1.88. The molecule has 3 heterocycles. The van der Waals surface area contributed by atoms with Gasteiger partial charge in [-0.3, -0.25) is 4.79 Å². The highest BCUT2D eigenvalue weighted by molar-refractivity contribution is 7.98. The first-order valence-electron chi connectivity index (χ1n) is 6.64. The molecule has 0 aliphatic heterocycles. The average molecular weight is 365 g/mol. The van der Waals surface area contributed by atoms with Gasteiger partial charge in [0.1, 0.15) is 10.5 Å². The van der Waals surface area contributed by atoms with Crippen LogP contribution in [0.15, 0.2) is 38.7 Å². The summed E-state index contributed by atoms with van der Waals surface area (Å²) in [5, 5.41) is 6.05. The van der Waals surface area contributed by atoms with Crippen molar-refractivity contribution in [2.75, 3.05) is 0 Å². The molecular weight excluding hydrogens is 356 g/mol. The van der Waals surface area contributed by atoms with Crippen molar-refractivity contribution in [2.45, 2.75) is 17.9 Å². The van der Waals surface area contributed by atoms with Gasteiger partial charge in [0.25, 0.3) is 10.8 Å². The molecule has 4 rings (SSSR count). The molecule has 0 unspecified atom stereocenters. The lowest BCUT2D eigenvalue weighted by atomic mass is 10.3. The van der Waals surface area contributed by atoms with E-state index in [4.69, 9.17) is 16.0 Å². The number of benzene rings is 1. The van der Waals surface area contributed by atoms with Gasteiger partial charge in [-0.2, -0.15) is 9.61 Å². The number of aryl methyl sites for hydroxylation is 1. The van der Waals surface area contributed by atoms with Gasteiger partial charge in [-0.1, -0.05) is 34.7 Å². The van der Waals surface area contributed by atoms with Gasteiger partial charge in [-0.15, -0.1) is 0 Å². The van der Waals surface area contributed by atoms with Crippen LogP contribution in [-0.2, 0) is 5.75 Å². The van der Waals surface area contributed by atoms with Crippen molar-refractivity contribution in [1.29, 1.82) is 0 Å². The Bertz CT molecular complexity index is 1090. The zero-order chi connectivity index (χ0) is 16.0. The van der Waals surface area contributed by atoms with Gasteiger partial charge in [-0.05, 0) is 25.1 Å². The van der Waals surface area contributed by atoms with E-state index in [1.807, 2.05) is 6.92 Å². The topological polar surface area (TPSA) is 73.3 Å². The quantitative estimate of drug-likeness (QED) is 0.517. The third-order valence-electron chi connectivity index (χ3n) is 3.07. The lowest BCUT2D eigenvalue weighted by molar-refractivity contribution is 0.489. The maximum absolute atomic E-state index is 12.0. The number of rotatable bonds is 3. The fourth-order valence-electron chi connectivity index (χ4n) is 2.10. The van der Waals surface area contributed by atoms with Crippen LogP contribution >= 0.6 is 34.7 Å². The molecule has 4 aromatic rings. The predicted octanol–water partition coefficient (Wildman–Crippen LogP) is 3.55. The summed E-state index contributed by atoms with van der Waals surface area (Å²) >= 11 is 8.70. The van der Waals surface area contributed by atoms with Crippen molar-refractivity contribution < 1.29 is 4.42 Å². The van der Waals surface area contributed by atoms with E-state index in [0.29, 0.717) is 37.8 Å². The first-order valence-corrected chi connectivity index (χ1v) is 8.82. The molecule has 3 aromatic heterocycles. The van der Waals surface area contributed by atoms with Crippen molar-refractivity contribution in [1.82, 2.24) is 19.6 Å². The van der Waals surface area contributed by atoms with Crippen molar-refractivity contribution in [3.05, 3.63) is 50.3 Å². The Kier molecular flexibility index (Phi) is 3.59. The number of thioether (sulfide) groups is 1. The minimum absolute atomic E-state index is 0.181. The Morgan fingerprint density at radius 1 is 1.35 bits per heavy atom. The molecular formula is C14H9ClN4O2S2. The number of aromatic nitrogens is 4. The summed E-state index contributed by atoms with van der Waals surface area (Å²) in [6.45, 7) is 1.84. The van der Waals surface area contributed by atoms with Gasteiger partial charge in [0, 0.05) is 16.8 Å². The molecule has 0 amide bonds. The lowest BCUT2D eigenvalue weighted by Crippen LogP contribution is -2.15. The van der Waals surface area contributed by atoms with E-state index in [1.165, 1.54) is 33.7 Å². The van der Waals surface area contributed by atoms with E-state index in [1.54, 1.807) is 18.2 Å². The summed E-state index contributed by atoms with van der Waals surface area (Å²) < 4.78 is 6.95. The summed E-state index contributed by atoms with van der Waals surface area (Å²) in [4.78, 5) is 21.4. The van der Waals surface area contributed by atoms with Gasteiger partial charge in [-0.25, -0.2) is 9.97 Å². The number of halogens is 1. The molecule has 9 heteroatoms. The smallest absolute Gasteiger partial charge is 0.275 e. The Morgan fingerprint density at radius 2 is 2.22 bits per heavy atom. The second-order valence-corrected chi connectivity index (χ2v) is 7.30. The molecule has 0 aliphatic carbocycles. The van der Waals surface area contributed by atoms with Crippen molar-refractivity contribution >= 4 is 50.8 Å². The van der Waals surface area contributed by atoms with Gasteiger partial charge in [0.2, 0.25) is 4.96 Å². The van der Waals surface area contributed by atoms with Crippen LogP contribution in [0.25, 0.3) is 16.1 Å². The van der Waals surface area contributed by atoms with Gasteiger partial charge in [0.05, 0.1) is 5.69 Å². The summed E-state index contributed by atoms with van der Waals surface area (Å²) in [6, 6.07) is 6.78. The number of oxazole rings is 1. The van der Waals surface area contributed by atoms with E-state index >= 15 is 0 Å². The van der Waals surface area contributed by atoms with Crippen molar-refractivity contribution in [3.63, 3.8) is 0 Å². The Hall–Kier alpha value is -1.90. The molecule has 0 radical (unpaired) electrons. The third kappa shape index (κ3) is 2.85. The van der Waals surface area contributed by atoms with E-state index in [-0.39, 0.29) is 5.56 Å². The normalized spacial score (nSPS) is 11.6. The SMILES string of the molecule is Cc1nn2c(=O)cc(CSc3nc4cc(Cl)ccc4o3)nc2s1. The largest absolute Gasteiger partial charge is 0.431 e. The second-order valence-electron chi connectivity index (χ2n) is 4.78. The van der Waals surface area contributed by atoms with Gasteiger partial charge < -0.3 is 4.42 Å². The summed E-state index contributed by atoms with van der Waals surface area (Å²) in [6.07, 6.45) is 0. The second kappa shape index (κ2) is 5.63. The van der Waals surface area contributed by atoms with Crippen LogP contribution in [0.4, 0.5) is 0 Å². The molecule has 1 aromatic carbocycles. The maximum atomic E-state index is 12.0. The molecule has 0 spiro atoms. The van der Waals surface area contributed by atoms with Crippen LogP contribution in [0.5, 0.6) is 0 Å². The highest BCUT2D eigenvalue weighted by Gasteiger charge is 2.10. The standard InChI is InChI=1S/C14H9ClN4O2S2/c1-7-18-19-12(20)5-9(16-13(19)23-7)6-22-14-17-10-4-8(15)2-3-11(10)21-14/h2-5H,6H2,1H3. The van der Waals surface area contributed by atoms with E-state index in [9.17, 15) is 4.79 Å². The highest BCUT2D eigenvalue weighted by atomic mass is 35.5. The Morgan fingerprint density at radius 3 is 3.09 bits per heavy atom. The monoisotopic (exact) mass is 364 g/mol. The van der Waals surface area contributed by atoms with E-state index in [0.717, 1.165) is 5.01 Å². The Balaban J connectivity index is 1.61. The van der Waals surface area contributed by atoms with E-state index < -0.39 is 0 Å². The lowest BCUT2D eigenvalue weighted by Gasteiger charge is -1.97. The minimum atomic E-state index is -0.181. The first kappa shape index (κ1) is 14.7. The van der Waals surface area contributed by atoms with Gasteiger partial charge in [0.15, 0.2) is 5.58 Å². The number of nitrogens with zero attached hydrogens (tertiary/aromatic N) is 4. The molecule has 0 fully saturated rings. The molecule has 0 saturated carbocycles. The molecule has 116 valence electrons. The molecule has 0 saturated heterocycles. The van der Waals surface area contributed by atoms with Crippen molar-refractivity contribution in [2.24, 2.45) is 0 Å².